The Balaban J connectivity index is 1.63. The number of hydrogen-bond acceptors (Lipinski definition) is 4. The molecule has 1 aliphatic rings. The van der Waals surface area contributed by atoms with Crippen LogP contribution in [0.5, 0.6) is 0 Å². The van der Waals surface area contributed by atoms with E-state index in [1.807, 2.05) is 62.1 Å². The second kappa shape index (κ2) is 8.87. The van der Waals surface area contributed by atoms with Crippen molar-refractivity contribution in [2.24, 2.45) is 5.92 Å². The van der Waals surface area contributed by atoms with Crippen molar-refractivity contribution in [3.8, 4) is 0 Å². The quantitative estimate of drug-likeness (QED) is 0.866. The van der Waals surface area contributed by atoms with Crippen molar-refractivity contribution in [3.05, 3.63) is 59.8 Å². The van der Waals surface area contributed by atoms with E-state index in [4.69, 9.17) is 0 Å². The molecule has 1 aromatic heterocycles. The third-order valence-corrected chi connectivity index (χ3v) is 5.06. The predicted octanol–water partition coefficient (Wildman–Crippen LogP) is 2.49. The first-order chi connectivity index (χ1) is 13.5. The maximum Gasteiger partial charge on any atom is 0.251 e. The van der Waals surface area contributed by atoms with Crippen molar-refractivity contribution in [1.82, 2.24) is 15.2 Å². The van der Waals surface area contributed by atoms with E-state index < -0.39 is 6.04 Å². The van der Waals surface area contributed by atoms with E-state index in [0.717, 1.165) is 24.5 Å². The number of aromatic nitrogens is 1. The summed E-state index contributed by atoms with van der Waals surface area (Å²) in [6.45, 7) is 8.59. The first kappa shape index (κ1) is 19.9. The average Bonchev–Trinajstić information content (AvgIpc) is 2.72. The SMILES string of the molecule is Cc1cccc(C(=O)NC(C(=O)N2CCN(c3ccccn3)CC2)C(C)C)c1. The monoisotopic (exact) mass is 380 g/mol. The highest BCUT2D eigenvalue weighted by atomic mass is 16.2. The van der Waals surface area contributed by atoms with Crippen LogP contribution in [0.1, 0.15) is 29.8 Å². The van der Waals surface area contributed by atoms with E-state index in [-0.39, 0.29) is 17.7 Å². The highest BCUT2D eigenvalue weighted by molar-refractivity contribution is 5.97. The molecule has 1 aliphatic heterocycles. The van der Waals surface area contributed by atoms with Crippen molar-refractivity contribution in [1.29, 1.82) is 0 Å². The van der Waals surface area contributed by atoms with Gasteiger partial charge < -0.3 is 15.1 Å². The standard InChI is InChI=1S/C22H28N4O2/c1-16(2)20(24-21(27)18-8-6-7-17(3)15-18)22(28)26-13-11-25(12-14-26)19-9-4-5-10-23-19/h4-10,15-16,20H,11-14H2,1-3H3,(H,24,27). The summed E-state index contributed by atoms with van der Waals surface area (Å²) in [7, 11) is 0. The summed E-state index contributed by atoms with van der Waals surface area (Å²) in [5.41, 5.74) is 1.60. The normalized spacial score (nSPS) is 15.4. The number of rotatable bonds is 5. The molecule has 1 saturated heterocycles. The van der Waals surface area contributed by atoms with Gasteiger partial charge in [-0.05, 0) is 37.1 Å². The minimum atomic E-state index is -0.533. The van der Waals surface area contributed by atoms with Gasteiger partial charge in [-0.25, -0.2) is 4.98 Å². The first-order valence-corrected chi connectivity index (χ1v) is 9.78. The number of anilines is 1. The first-order valence-electron chi connectivity index (χ1n) is 9.78. The van der Waals surface area contributed by atoms with Crippen LogP contribution in [0, 0.1) is 12.8 Å². The molecule has 0 aliphatic carbocycles. The Hall–Kier alpha value is -2.89. The molecular formula is C22H28N4O2. The second-order valence-electron chi connectivity index (χ2n) is 7.56. The lowest BCUT2D eigenvalue weighted by Gasteiger charge is -2.37. The van der Waals surface area contributed by atoms with E-state index >= 15 is 0 Å². The van der Waals surface area contributed by atoms with E-state index in [2.05, 4.69) is 15.2 Å². The fourth-order valence-corrected chi connectivity index (χ4v) is 3.42. The fourth-order valence-electron chi connectivity index (χ4n) is 3.42. The maximum atomic E-state index is 13.1. The van der Waals surface area contributed by atoms with Gasteiger partial charge in [-0.1, -0.05) is 37.6 Å². The molecule has 2 aromatic rings. The van der Waals surface area contributed by atoms with Gasteiger partial charge in [0.05, 0.1) is 0 Å². The minimum absolute atomic E-state index is 0.00933. The van der Waals surface area contributed by atoms with Crippen LogP contribution in [-0.4, -0.2) is 53.9 Å². The van der Waals surface area contributed by atoms with Gasteiger partial charge in [-0.3, -0.25) is 9.59 Å². The Morgan fingerprint density at radius 1 is 1.04 bits per heavy atom. The molecular weight excluding hydrogens is 352 g/mol. The topological polar surface area (TPSA) is 65.5 Å². The summed E-state index contributed by atoms with van der Waals surface area (Å²) in [6, 6.07) is 12.7. The zero-order valence-corrected chi connectivity index (χ0v) is 16.8. The zero-order valence-electron chi connectivity index (χ0n) is 16.8. The third kappa shape index (κ3) is 4.68. The number of hydrogen-bond donors (Lipinski definition) is 1. The lowest BCUT2D eigenvalue weighted by atomic mass is 10.0. The van der Waals surface area contributed by atoms with Crippen molar-refractivity contribution in [2.45, 2.75) is 26.8 Å². The molecule has 0 radical (unpaired) electrons. The number of pyridine rings is 1. The van der Waals surface area contributed by atoms with Gasteiger partial charge in [-0.2, -0.15) is 0 Å². The Kier molecular flexibility index (Phi) is 6.29. The van der Waals surface area contributed by atoms with Gasteiger partial charge in [0.1, 0.15) is 11.9 Å². The van der Waals surface area contributed by atoms with Gasteiger partial charge in [0.25, 0.3) is 5.91 Å². The number of benzene rings is 1. The largest absolute Gasteiger partial charge is 0.353 e. The zero-order chi connectivity index (χ0) is 20.1. The number of nitrogens with zero attached hydrogens (tertiary/aromatic N) is 3. The van der Waals surface area contributed by atoms with E-state index in [1.165, 1.54) is 0 Å². The predicted molar refractivity (Wildman–Crippen MR) is 110 cm³/mol. The summed E-state index contributed by atoms with van der Waals surface area (Å²) in [5.74, 6) is 0.720. The molecule has 6 heteroatoms. The molecule has 1 atom stereocenters. The number of aryl methyl sites for hydroxylation is 1. The van der Waals surface area contributed by atoms with Crippen LogP contribution in [0.25, 0.3) is 0 Å². The number of piperazine rings is 1. The number of carbonyl (C=O) groups is 2. The van der Waals surface area contributed by atoms with Crippen molar-refractivity contribution >= 4 is 17.6 Å². The lowest BCUT2D eigenvalue weighted by molar-refractivity contribution is -0.134. The molecule has 1 aromatic carbocycles. The Bertz CT molecular complexity index is 814. The van der Waals surface area contributed by atoms with Crippen molar-refractivity contribution in [3.63, 3.8) is 0 Å². The van der Waals surface area contributed by atoms with Crippen molar-refractivity contribution in [2.75, 3.05) is 31.1 Å². The fraction of sp³-hybridized carbons (Fsp3) is 0.409. The van der Waals surface area contributed by atoms with Gasteiger partial charge in [0.15, 0.2) is 0 Å². The van der Waals surface area contributed by atoms with Gasteiger partial charge in [0.2, 0.25) is 5.91 Å². The molecule has 0 bridgehead atoms. The van der Waals surface area contributed by atoms with Gasteiger partial charge >= 0.3 is 0 Å². The highest BCUT2D eigenvalue weighted by Crippen LogP contribution is 2.15. The summed E-state index contributed by atoms with van der Waals surface area (Å²) in [6.07, 6.45) is 1.78. The summed E-state index contributed by atoms with van der Waals surface area (Å²) in [4.78, 5) is 34.1. The summed E-state index contributed by atoms with van der Waals surface area (Å²) in [5, 5.41) is 2.94. The molecule has 1 fully saturated rings. The van der Waals surface area contributed by atoms with Crippen LogP contribution in [0.2, 0.25) is 0 Å². The average molecular weight is 380 g/mol. The van der Waals surface area contributed by atoms with Gasteiger partial charge in [0, 0.05) is 37.9 Å². The van der Waals surface area contributed by atoms with Crippen molar-refractivity contribution < 1.29 is 9.59 Å². The summed E-state index contributed by atoms with van der Waals surface area (Å²) < 4.78 is 0. The second-order valence-corrected chi connectivity index (χ2v) is 7.56. The van der Waals surface area contributed by atoms with Crippen LogP contribution < -0.4 is 10.2 Å². The molecule has 1 unspecified atom stereocenters. The molecule has 2 amide bonds. The molecule has 2 heterocycles. The molecule has 148 valence electrons. The van der Waals surface area contributed by atoms with Crippen LogP contribution in [0.3, 0.4) is 0 Å². The molecule has 1 N–H and O–H groups in total. The van der Waals surface area contributed by atoms with Gasteiger partial charge in [-0.15, -0.1) is 0 Å². The molecule has 0 saturated carbocycles. The Morgan fingerprint density at radius 3 is 2.39 bits per heavy atom. The summed E-state index contributed by atoms with van der Waals surface area (Å²) >= 11 is 0. The Morgan fingerprint density at radius 2 is 1.79 bits per heavy atom. The third-order valence-electron chi connectivity index (χ3n) is 5.06. The highest BCUT2D eigenvalue weighted by Gasteiger charge is 2.31. The van der Waals surface area contributed by atoms with Crippen LogP contribution in [0.4, 0.5) is 5.82 Å². The number of nitrogens with one attached hydrogen (secondary N) is 1. The van der Waals surface area contributed by atoms with Crippen LogP contribution in [-0.2, 0) is 4.79 Å². The van der Waals surface area contributed by atoms with Crippen LogP contribution >= 0.6 is 0 Å². The maximum absolute atomic E-state index is 13.1. The number of carbonyl (C=O) groups excluding carboxylic acids is 2. The molecule has 0 spiro atoms. The smallest absolute Gasteiger partial charge is 0.251 e. The molecule has 3 rings (SSSR count). The van der Waals surface area contributed by atoms with E-state index in [0.29, 0.717) is 18.7 Å². The number of amides is 2. The van der Waals surface area contributed by atoms with Crippen LogP contribution in [0.15, 0.2) is 48.7 Å². The molecule has 28 heavy (non-hydrogen) atoms. The van der Waals surface area contributed by atoms with E-state index in [9.17, 15) is 9.59 Å². The van der Waals surface area contributed by atoms with E-state index in [1.54, 1.807) is 12.3 Å². The molecule has 6 nitrogen and oxygen atoms in total. The lowest BCUT2D eigenvalue weighted by Crippen LogP contribution is -2.56. The Labute approximate surface area is 166 Å². The minimum Gasteiger partial charge on any atom is -0.353 e.